The number of methoxy groups -OCH3 is 2. The number of rotatable bonds is 4. The van der Waals surface area contributed by atoms with Gasteiger partial charge in [-0.1, -0.05) is 13.8 Å². The zero-order valence-corrected chi connectivity index (χ0v) is 21.4. The number of likely N-dealkylation sites (N-methyl/N-ethyl adjacent to an activating group) is 1. The molecule has 7 bridgehead atoms. The maximum atomic E-state index is 13.4. The molecule has 0 aromatic heterocycles. The summed E-state index contributed by atoms with van der Waals surface area (Å²) in [7, 11) is 3.44. The number of hydrogen-bond donors (Lipinski definition) is 2. The molecule has 3 spiro atoms. The molecule has 1 unspecified atom stereocenters. The lowest BCUT2D eigenvalue weighted by Gasteiger charge is -2.71. The van der Waals surface area contributed by atoms with E-state index in [-0.39, 0.29) is 42.8 Å². The number of aliphatic hydroxyl groups is 2. The number of piperidine rings is 1. The van der Waals surface area contributed by atoms with Crippen molar-refractivity contribution < 1.29 is 38.7 Å². The highest BCUT2D eigenvalue weighted by atomic mass is 16.7. The highest BCUT2D eigenvalue weighted by molar-refractivity contribution is 5.67. The second-order valence-corrected chi connectivity index (χ2v) is 12.6. The molecule has 2 saturated heterocycles. The topological polar surface area (TPSA) is 107 Å². The Hall–Kier alpha value is -0.810. The van der Waals surface area contributed by atoms with Gasteiger partial charge in [-0.2, -0.15) is 0 Å². The molecule has 5 saturated carbocycles. The number of nitrogens with zero attached hydrogens (tertiary/aromatic N) is 1. The first-order valence-corrected chi connectivity index (χ1v) is 13.3. The summed E-state index contributed by atoms with van der Waals surface area (Å²) in [4.78, 5) is 15.2. The van der Waals surface area contributed by atoms with Gasteiger partial charge in [0.05, 0.1) is 29.8 Å². The van der Waals surface area contributed by atoms with E-state index in [4.69, 9.17) is 23.7 Å². The monoisotopic (exact) mass is 493 g/mol. The molecular formula is C26H39NO8. The van der Waals surface area contributed by atoms with E-state index in [0.717, 1.165) is 19.4 Å². The van der Waals surface area contributed by atoms with E-state index < -0.39 is 45.8 Å². The molecule has 35 heavy (non-hydrogen) atoms. The average Bonchev–Trinajstić information content (AvgIpc) is 3.38. The number of likely N-dealkylation sites (tertiary alicyclic amines) is 1. The van der Waals surface area contributed by atoms with Crippen LogP contribution in [0.1, 0.15) is 46.5 Å². The Morgan fingerprint density at radius 3 is 2.66 bits per heavy atom. The first-order valence-electron chi connectivity index (χ1n) is 13.3. The predicted octanol–water partition coefficient (Wildman–Crippen LogP) is 0.696. The van der Waals surface area contributed by atoms with Gasteiger partial charge in [0.25, 0.3) is 0 Å². The summed E-state index contributed by atoms with van der Waals surface area (Å²) in [6, 6.07) is -0.280. The third-order valence-corrected chi connectivity index (χ3v) is 12.0. The maximum Gasteiger partial charge on any atom is 0.303 e. The van der Waals surface area contributed by atoms with E-state index in [0.29, 0.717) is 19.4 Å². The largest absolute Gasteiger partial charge is 0.456 e. The van der Waals surface area contributed by atoms with Crippen molar-refractivity contribution in [2.75, 3.05) is 34.1 Å². The molecule has 13 atom stereocenters. The first-order chi connectivity index (χ1) is 16.6. The van der Waals surface area contributed by atoms with Gasteiger partial charge in [0.1, 0.15) is 18.0 Å². The van der Waals surface area contributed by atoms with Gasteiger partial charge in [-0.3, -0.25) is 9.69 Å². The Morgan fingerprint density at radius 1 is 1.23 bits per heavy atom. The van der Waals surface area contributed by atoms with Crippen molar-refractivity contribution in [1.29, 1.82) is 0 Å². The Morgan fingerprint density at radius 2 is 2.00 bits per heavy atom. The van der Waals surface area contributed by atoms with Crippen molar-refractivity contribution in [3.63, 3.8) is 0 Å². The van der Waals surface area contributed by atoms with Crippen molar-refractivity contribution >= 4 is 5.97 Å². The van der Waals surface area contributed by atoms with Crippen LogP contribution in [-0.4, -0.2) is 102 Å². The highest BCUT2D eigenvalue weighted by Crippen LogP contribution is 2.83. The first kappa shape index (κ1) is 23.3. The number of carbonyl (C=O) groups excluding carboxylic acids is 1. The van der Waals surface area contributed by atoms with E-state index in [1.807, 2.05) is 0 Å². The number of aliphatic hydroxyl groups excluding tert-OH is 1. The molecule has 5 aliphatic carbocycles. The van der Waals surface area contributed by atoms with Crippen molar-refractivity contribution in [2.45, 2.75) is 93.7 Å². The minimum absolute atomic E-state index is 0.0311. The lowest BCUT2D eigenvalue weighted by atomic mass is 9.41. The SMILES string of the molecule is CCN1C[C@]2(C)CC[C@H](OC)[C@]34[C@@H]5C[C@H]6[C@H](OC)C5[C@@]5(C[C@@H]6O)OCO[C@@]5([C@@H]13)[C@@H](OC(C)=O)[C@]24O. The maximum absolute atomic E-state index is 13.4. The third kappa shape index (κ3) is 2.03. The zero-order valence-electron chi connectivity index (χ0n) is 21.4. The van der Waals surface area contributed by atoms with Crippen molar-refractivity contribution in [1.82, 2.24) is 4.90 Å². The van der Waals surface area contributed by atoms with Crippen LogP contribution in [0.3, 0.4) is 0 Å². The van der Waals surface area contributed by atoms with Crippen molar-refractivity contribution in [2.24, 2.45) is 28.6 Å². The van der Waals surface area contributed by atoms with Crippen LogP contribution in [0.4, 0.5) is 0 Å². The van der Waals surface area contributed by atoms with Gasteiger partial charge in [-0.15, -0.1) is 0 Å². The van der Waals surface area contributed by atoms with Gasteiger partial charge in [-0.05, 0) is 31.7 Å². The Kier molecular flexibility index (Phi) is 4.52. The summed E-state index contributed by atoms with van der Waals surface area (Å²) in [5.74, 6) is -0.644. The molecule has 9 nitrogen and oxygen atoms in total. The summed E-state index contributed by atoms with van der Waals surface area (Å²) < 4.78 is 32.1. The van der Waals surface area contributed by atoms with E-state index in [1.54, 1.807) is 14.2 Å². The fourth-order valence-electron chi connectivity index (χ4n) is 11.5. The Bertz CT molecular complexity index is 964. The van der Waals surface area contributed by atoms with E-state index in [1.165, 1.54) is 6.92 Å². The van der Waals surface area contributed by atoms with Crippen molar-refractivity contribution in [3.8, 4) is 0 Å². The standard InChI is InChI=1S/C26H39NO8/c1-6-27-11-22(3)8-7-17(31-4)24-15-9-14-16(29)10-23(18(15)19(14)32-5)25(20(24)27,34-12-33-23)21(26(22,24)30)35-13(2)28/h14-21,29-30H,6-12H2,1-5H3/t14-,15-,16+,17+,18?,19+,20+,21-,22+,23-,24-,25+,26+/m1/s1. The van der Waals surface area contributed by atoms with Gasteiger partial charge in [0.2, 0.25) is 0 Å². The van der Waals surface area contributed by atoms with E-state index >= 15 is 0 Å². The number of fused-ring (bicyclic) bond motifs is 1. The number of carbonyl (C=O) groups is 1. The minimum atomic E-state index is -1.38. The Labute approximate surface area is 206 Å². The summed E-state index contributed by atoms with van der Waals surface area (Å²) in [6.45, 7) is 7.18. The van der Waals surface area contributed by atoms with Gasteiger partial charge >= 0.3 is 5.97 Å². The average molecular weight is 494 g/mol. The number of hydrogen-bond acceptors (Lipinski definition) is 9. The lowest BCUT2D eigenvalue weighted by molar-refractivity contribution is -0.324. The highest BCUT2D eigenvalue weighted by Gasteiger charge is 2.98. The minimum Gasteiger partial charge on any atom is -0.456 e. The fraction of sp³-hybridized carbons (Fsp3) is 0.962. The normalized spacial score (nSPS) is 61.6. The molecule has 7 fully saturated rings. The van der Waals surface area contributed by atoms with Gasteiger partial charge in [-0.25, -0.2) is 0 Å². The van der Waals surface area contributed by atoms with E-state index in [2.05, 4.69) is 18.7 Å². The molecule has 7 rings (SSSR count). The lowest BCUT2D eigenvalue weighted by Crippen LogP contribution is -2.83. The molecule has 2 heterocycles. The molecule has 2 N–H and O–H groups in total. The van der Waals surface area contributed by atoms with Crippen LogP contribution in [0.2, 0.25) is 0 Å². The Balaban J connectivity index is 1.62. The van der Waals surface area contributed by atoms with Crippen LogP contribution in [0.25, 0.3) is 0 Å². The summed E-state index contributed by atoms with van der Waals surface area (Å²) >= 11 is 0. The van der Waals surface area contributed by atoms with Gasteiger partial charge < -0.3 is 33.9 Å². The molecule has 7 aliphatic rings. The number of esters is 1. The molecule has 0 aromatic carbocycles. The quantitative estimate of drug-likeness (QED) is 0.547. The summed E-state index contributed by atoms with van der Waals surface area (Å²) in [5.41, 5.74) is -4.76. The van der Waals surface area contributed by atoms with Crippen molar-refractivity contribution in [3.05, 3.63) is 0 Å². The molecular weight excluding hydrogens is 454 g/mol. The molecule has 196 valence electrons. The van der Waals surface area contributed by atoms with Crippen LogP contribution < -0.4 is 0 Å². The molecule has 0 radical (unpaired) electrons. The number of ether oxygens (including phenoxy) is 5. The molecule has 9 heteroatoms. The molecule has 2 aliphatic heterocycles. The van der Waals surface area contributed by atoms with Crippen LogP contribution >= 0.6 is 0 Å². The predicted molar refractivity (Wildman–Crippen MR) is 121 cm³/mol. The molecule has 0 aromatic rings. The van der Waals surface area contributed by atoms with E-state index in [9.17, 15) is 15.0 Å². The second kappa shape index (κ2) is 6.79. The third-order valence-electron chi connectivity index (χ3n) is 12.0. The fourth-order valence-corrected chi connectivity index (χ4v) is 11.5. The van der Waals surface area contributed by atoms with Crippen LogP contribution in [0.5, 0.6) is 0 Å². The van der Waals surface area contributed by atoms with Gasteiger partial charge in [0, 0.05) is 51.4 Å². The zero-order chi connectivity index (χ0) is 24.8. The van der Waals surface area contributed by atoms with Gasteiger partial charge in [0.15, 0.2) is 11.7 Å². The molecule has 0 amide bonds. The summed E-state index contributed by atoms with van der Waals surface area (Å²) in [6.07, 6.45) is 0.609. The van der Waals surface area contributed by atoms with Crippen LogP contribution in [0, 0.1) is 28.6 Å². The smallest absolute Gasteiger partial charge is 0.303 e. The van der Waals surface area contributed by atoms with Crippen LogP contribution in [-0.2, 0) is 28.5 Å². The summed E-state index contributed by atoms with van der Waals surface area (Å²) in [5, 5.41) is 24.8. The second-order valence-electron chi connectivity index (χ2n) is 12.6. The van der Waals surface area contributed by atoms with Crippen LogP contribution in [0.15, 0.2) is 0 Å².